The van der Waals surface area contributed by atoms with Crippen molar-refractivity contribution in [2.45, 2.75) is 25.3 Å². The molecule has 1 unspecified atom stereocenters. The number of urea groups is 1. The van der Waals surface area contributed by atoms with Crippen molar-refractivity contribution in [2.24, 2.45) is 5.92 Å². The average molecular weight is 333 g/mol. The van der Waals surface area contributed by atoms with Crippen molar-refractivity contribution in [1.29, 1.82) is 0 Å². The Balaban J connectivity index is 1.40. The minimum absolute atomic E-state index is 0.186. The summed E-state index contributed by atoms with van der Waals surface area (Å²) in [6.07, 6.45) is 2.77. The van der Waals surface area contributed by atoms with Gasteiger partial charge < -0.3 is 25.0 Å². The number of anilines is 1. The van der Waals surface area contributed by atoms with E-state index in [4.69, 9.17) is 9.47 Å². The summed E-state index contributed by atoms with van der Waals surface area (Å²) < 4.78 is 10.1. The number of likely N-dealkylation sites (tertiary alicyclic amines) is 1. The number of nitrogens with one attached hydrogen (secondary N) is 2. The zero-order valence-electron chi connectivity index (χ0n) is 13.8. The van der Waals surface area contributed by atoms with Crippen molar-refractivity contribution in [3.8, 4) is 5.75 Å². The number of benzene rings is 1. The Kier molecular flexibility index (Phi) is 5.20. The summed E-state index contributed by atoms with van der Waals surface area (Å²) in [7, 11) is 1.56. The van der Waals surface area contributed by atoms with Gasteiger partial charge in [0.05, 0.1) is 0 Å². The Labute approximate surface area is 141 Å². The molecule has 3 amide bonds. The van der Waals surface area contributed by atoms with Crippen molar-refractivity contribution in [3.05, 3.63) is 24.3 Å². The molecule has 130 valence electrons. The molecule has 0 radical (unpaired) electrons. The fraction of sp³-hybridized carbons (Fsp3) is 0.529. The fourth-order valence-corrected chi connectivity index (χ4v) is 2.86. The van der Waals surface area contributed by atoms with Gasteiger partial charge in [-0.3, -0.25) is 4.79 Å². The first-order valence-corrected chi connectivity index (χ1v) is 8.22. The molecule has 1 atom stereocenters. The van der Waals surface area contributed by atoms with Crippen molar-refractivity contribution in [2.75, 3.05) is 32.3 Å². The molecule has 2 fully saturated rings. The van der Waals surface area contributed by atoms with Gasteiger partial charge in [-0.2, -0.15) is 0 Å². The second-order valence-electron chi connectivity index (χ2n) is 6.26. The average Bonchev–Trinajstić information content (AvgIpc) is 3.35. The van der Waals surface area contributed by atoms with Crippen LogP contribution >= 0.6 is 0 Å². The van der Waals surface area contributed by atoms with E-state index in [1.807, 2.05) is 4.90 Å². The van der Waals surface area contributed by atoms with Gasteiger partial charge in [0, 0.05) is 44.3 Å². The highest BCUT2D eigenvalue weighted by molar-refractivity contribution is 5.89. The molecule has 2 N–H and O–H groups in total. The van der Waals surface area contributed by atoms with Crippen LogP contribution in [0.2, 0.25) is 0 Å². The highest BCUT2D eigenvalue weighted by atomic mass is 16.7. The molecule has 0 aromatic heterocycles. The molecule has 0 bridgehead atoms. The third-order valence-electron chi connectivity index (χ3n) is 4.23. The van der Waals surface area contributed by atoms with Crippen LogP contribution in [0.1, 0.15) is 19.3 Å². The summed E-state index contributed by atoms with van der Waals surface area (Å²) in [6.45, 7) is 1.45. The highest BCUT2D eigenvalue weighted by Gasteiger charge is 2.39. The SMILES string of the molecule is COCOc1ccc(NC(=O)NCC2CC(=O)N(C3CC3)C2)cc1. The molecule has 1 aromatic carbocycles. The smallest absolute Gasteiger partial charge is 0.319 e. The molecule has 1 aliphatic carbocycles. The Morgan fingerprint density at radius 2 is 2.04 bits per heavy atom. The summed E-state index contributed by atoms with van der Waals surface area (Å²) in [5, 5.41) is 5.61. The van der Waals surface area contributed by atoms with Crippen LogP contribution in [0, 0.1) is 5.92 Å². The predicted octanol–water partition coefficient (Wildman–Crippen LogP) is 1.80. The van der Waals surface area contributed by atoms with Crippen molar-refractivity contribution >= 4 is 17.6 Å². The molecule has 2 aliphatic rings. The lowest BCUT2D eigenvalue weighted by Gasteiger charge is -2.16. The predicted molar refractivity (Wildman–Crippen MR) is 88.8 cm³/mol. The molecule has 7 heteroatoms. The monoisotopic (exact) mass is 333 g/mol. The number of hydrogen-bond acceptors (Lipinski definition) is 4. The van der Waals surface area contributed by atoms with Gasteiger partial charge in [-0.15, -0.1) is 0 Å². The van der Waals surface area contributed by atoms with Gasteiger partial charge in [0.25, 0.3) is 0 Å². The van der Waals surface area contributed by atoms with E-state index in [1.54, 1.807) is 31.4 Å². The highest BCUT2D eigenvalue weighted by Crippen LogP contribution is 2.32. The van der Waals surface area contributed by atoms with Crippen molar-refractivity contribution in [1.82, 2.24) is 10.2 Å². The van der Waals surface area contributed by atoms with Gasteiger partial charge >= 0.3 is 6.03 Å². The van der Waals surface area contributed by atoms with Gasteiger partial charge in [-0.1, -0.05) is 0 Å². The van der Waals surface area contributed by atoms with Crippen LogP contribution in [0.5, 0.6) is 5.75 Å². The Morgan fingerprint density at radius 1 is 1.29 bits per heavy atom. The van der Waals surface area contributed by atoms with Crippen LogP contribution in [-0.2, 0) is 9.53 Å². The molecule has 1 saturated heterocycles. The summed E-state index contributed by atoms with van der Waals surface area (Å²) in [6, 6.07) is 7.24. The summed E-state index contributed by atoms with van der Waals surface area (Å²) in [4.78, 5) is 25.8. The van der Waals surface area contributed by atoms with Crippen LogP contribution in [0.25, 0.3) is 0 Å². The summed E-state index contributed by atoms with van der Waals surface area (Å²) in [5.74, 6) is 1.09. The van der Waals surface area contributed by atoms with E-state index < -0.39 is 0 Å². The number of amides is 3. The maximum Gasteiger partial charge on any atom is 0.319 e. The third-order valence-corrected chi connectivity index (χ3v) is 4.23. The number of methoxy groups -OCH3 is 1. The van der Waals surface area contributed by atoms with Crippen molar-refractivity contribution in [3.63, 3.8) is 0 Å². The summed E-state index contributed by atoms with van der Waals surface area (Å²) >= 11 is 0. The van der Waals surface area contributed by atoms with E-state index in [0.717, 1.165) is 19.4 Å². The normalized spacial score (nSPS) is 20.1. The lowest BCUT2D eigenvalue weighted by atomic mass is 10.1. The number of nitrogens with zero attached hydrogens (tertiary/aromatic N) is 1. The number of ether oxygens (including phenoxy) is 2. The number of hydrogen-bond donors (Lipinski definition) is 2. The largest absolute Gasteiger partial charge is 0.468 e. The van der Waals surface area contributed by atoms with Gasteiger partial charge in [-0.05, 0) is 37.1 Å². The van der Waals surface area contributed by atoms with E-state index in [1.165, 1.54) is 0 Å². The number of carbonyl (C=O) groups excluding carboxylic acids is 2. The van der Waals surface area contributed by atoms with E-state index in [0.29, 0.717) is 30.4 Å². The maximum atomic E-state index is 12.0. The van der Waals surface area contributed by atoms with Crippen LogP contribution in [0.3, 0.4) is 0 Å². The van der Waals surface area contributed by atoms with Crippen molar-refractivity contribution < 1.29 is 19.1 Å². The van der Waals surface area contributed by atoms with E-state index in [2.05, 4.69) is 10.6 Å². The minimum Gasteiger partial charge on any atom is -0.468 e. The topological polar surface area (TPSA) is 79.9 Å². The molecule has 1 heterocycles. The van der Waals surface area contributed by atoms with Crippen LogP contribution in [0.4, 0.5) is 10.5 Å². The first-order valence-electron chi connectivity index (χ1n) is 8.22. The molecule has 1 aromatic rings. The van der Waals surface area contributed by atoms with Crippen LogP contribution in [-0.4, -0.2) is 49.9 Å². The van der Waals surface area contributed by atoms with Crippen LogP contribution in [0.15, 0.2) is 24.3 Å². The van der Waals surface area contributed by atoms with Crippen LogP contribution < -0.4 is 15.4 Å². The van der Waals surface area contributed by atoms with Gasteiger partial charge in [-0.25, -0.2) is 4.79 Å². The van der Waals surface area contributed by atoms with Gasteiger partial charge in [0.1, 0.15) is 5.75 Å². The maximum absolute atomic E-state index is 12.0. The molecule has 1 saturated carbocycles. The standard InChI is InChI=1S/C17H23N3O4/c1-23-11-24-15-6-2-13(3-7-15)19-17(22)18-9-12-8-16(21)20(10-12)14-4-5-14/h2-3,6-7,12,14H,4-5,8-11H2,1H3,(H2,18,19,22). The van der Waals surface area contributed by atoms with E-state index in [-0.39, 0.29) is 24.6 Å². The fourth-order valence-electron chi connectivity index (χ4n) is 2.86. The van der Waals surface area contributed by atoms with Gasteiger partial charge in [0.2, 0.25) is 5.91 Å². The first-order chi connectivity index (χ1) is 11.7. The molecule has 24 heavy (non-hydrogen) atoms. The van der Waals surface area contributed by atoms with Gasteiger partial charge in [0.15, 0.2) is 6.79 Å². The second kappa shape index (κ2) is 7.53. The Bertz CT molecular complexity index is 586. The van der Waals surface area contributed by atoms with E-state index >= 15 is 0 Å². The zero-order valence-corrected chi connectivity index (χ0v) is 13.8. The Morgan fingerprint density at radius 3 is 2.71 bits per heavy atom. The quantitative estimate of drug-likeness (QED) is 0.746. The molecule has 0 spiro atoms. The zero-order chi connectivity index (χ0) is 16.9. The lowest BCUT2D eigenvalue weighted by Crippen LogP contribution is -2.34. The lowest BCUT2D eigenvalue weighted by molar-refractivity contribution is -0.128. The minimum atomic E-state index is -0.266. The molecule has 7 nitrogen and oxygen atoms in total. The van der Waals surface area contributed by atoms with E-state index in [9.17, 15) is 9.59 Å². The third kappa shape index (κ3) is 4.38. The molecule has 3 rings (SSSR count). The number of carbonyl (C=O) groups is 2. The summed E-state index contributed by atoms with van der Waals surface area (Å²) in [5.41, 5.74) is 0.680. The molecule has 1 aliphatic heterocycles. The number of rotatable bonds is 7. The molecular weight excluding hydrogens is 310 g/mol. The molecular formula is C17H23N3O4. The first kappa shape index (κ1) is 16.6. The Hall–Kier alpha value is -2.28. The second-order valence-corrected chi connectivity index (χ2v) is 6.26.